The molecule has 0 aliphatic heterocycles. The summed E-state index contributed by atoms with van der Waals surface area (Å²) in [6, 6.07) is 5.83. The van der Waals surface area contributed by atoms with Crippen molar-refractivity contribution in [2.45, 2.75) is 13.0 Å². The van der Waals surface area contributed by atoms with Gasteiger partial charge in [0.25, 0.3) is 0 Å². The smallest absolute Gasteiger partial charge is 0.169 e. The summed E-state index contributed by atoms with van der Waals surface area (Å²) in [5.41, 5.74) is 1.07. The molecule has 0 radical (unpaired) electrons. The maximum Gasteiger partial charge on any atom is 0.169 e. The fourth-order valence-corrected chi connectivity index (χ4v) is 1.83. The Bertz CT molecular complexity index is 408. The van der Waals surface area contributed by atoms with Gasteiger partial charge in [-0.1, -0.05) is 6.92 Å². The van der Waals surface area contributed by atoms with Gasteiger partial charge in [0, 0.05) is 5.56 Å². The molecule has 0 aromatic carbocycles. The van der Waals surface area contributed by atoms with Crippen molar-refractivity contribution in [1.29, 1.82) is 0 Å². The minimum atomic E-state index is 0.0556. The van der Waals surface area contributed by atoms with Crippen LogP contribution in [0.3, 0.4) is 0 Å². The van der Waals surface area contributed by atoms with Gasteiger partial charge in [-0.25, -0.2) is 0 Å². The van der Waals surface area contributed by atoms with Crippen molar-refractivity contribution in [3.05, 3.63) is 46.7 Å². The fourth-order valence-electron chi connectivity index (χ4n) is 1.51. The molecule has 0 amide bonds. The molecule has 15 heavy (non-hydrogen) atoms. The lowest BCUT2D eigenvalue weighted by molar-refractivity contribution is 0.435. The first-order chi connectivity index (χ1) is 7.31. The first-order valence-electron chi connectivity index (χ1n) is 4.82. The quantitative estimate of drug-likeness (QED) is 0.926. The third-order valence-corrected chi connectivity index (χ3v) is 2.59. The monoisotopic (exact) mass is 269 g/mol. The van der Waals surface area contributed by atoms with Gasteiger partial charge in [-0.15, -0.1) is 0 Å². The number of halogens is 1. The van der Waals surface area contributed by atoms with Crippen molar-refractivity contribution in [2.75, 3.05) is 6.54 Å². The highest BCUT2D eigenvalue weighted by atomic mass is 79.9. The van der Waals surface area contributed by atoms with Crippen LogP contribution in [0.1, 0.15) is 24.3 Å². The molecular formula is C11H12BrNO2. The number of rotatable bonds is 4. The van der Waals surface area contributed by atoms with Gasteiger partial charge in [0.05, 0.1) is 18.6 Å². The summed E-state index contributed by atoms with van der Waals surface area (Å²) in [4.78, 5) is 0. The Hall–Kier alpha value is -1.000. The van der Waals surface area contributed by atoms with Crippen molar-refractivity contribution >= 4 is 15.9 Å². The van der Waals surface area contributed by atoms with Crippen LogP contribution in [0.25, 0.3) is 0 Å². The topological polar surface area (TPSA) is 38.3 Å². The van der Waals surface area contributed by atoms with E-state index in [2.05, 4.69) is 28.2 Å². The third-order valence-electron chi connectivity index (χ3n) is 2.16. The van der Waals surface area contributed by atoms with Crippen molar-refractivity contribution in [3.8, 4) is 0 Å². The van der Waals surface area contributed by atoms with E-state index in [0.717, 1.165) is 22.5 Å². The molecule has 0 aliphatic carbocycles. The van der Waals surface area contributed by atoms with E-state index in [0.29, 0.717) is 0 Å². The van der Waals surface area contributed by atoms with Gasteiger partial charge in [-0.2, -0.15) is 0 Å². The van der Waals surface area contributed by atoms with Crippen LogP contribution in [0.5, 0.6) is 0 Å². The Balaban J connectivity index is 2.27. The maximum absolute atomic E-state index is 5.53. The highest BCUT2D eigenvalue weighted by molar-refractivity contribution is 9.10. The van der Waals surface area contributed by atoms with Gasteiger partial charge in [0.1, 0.15) is 5.76 Å². The van der Waals surface area contributed by atoms with E-state index < -0.39 is 0 Å². The van der Waals surface area contributed by atoms with Crippen LogP contribution < -0.4 is 5.32 Å². The number of hydrogen-bond acceptors (Lipinski definition) is 3. The molecule has 0 saturated carbocycles. The van der Waals surface area contributed by atoms with Crippen LogP contribution in [0.4, 0.5) is 0 Å². The van der Waals surface area contributed by atoms with Crippen molar-refractivity contribution in [1.82, 2.24) is 5.32 Å². The lowest BCUT2D eigenvalue weighted by Gasteiger charge is -2.13. The van der Waals surface area contributed by atoms with Crippen LogP contribution in [0.2, 0.25) is 0 Å². The molecule has 0 spiro atoms. The summed E-state index contributed by atoms with van der Waals surface area (Å²) in [5.74, 6) is 0.880. The lowest BCUT2D eigenvalue weighted by Crippen LogP contribution is -2.20. The molecule has 2 rings (SSSR count). The minimum Gasteiger partial charge on any atom is -0.472 e. The zero-order chi connectivity index (χ0) is 10.7. The molecule has 2 aromatic rings. The SMILES string of the molecule is CCNC(c1ccoc1)c1ccc(Br)o1. The summed E-state index contributed by atoms with van der Waals surface area (Å²) in [5, 5.41) is 3.34. The summed E-state index contributed by atoms with van der Waals surface area (Å²) in [7, 11) is 0. The maximum atomic E-state index is 5.53. The highest BCUT2D eigenvalue weighted by Gasteiger charge is 2.17. The van der Waals surface area contributed by atoms with E-state index in [1.54, 1.807) is 12.5 Å². The van der Waals surface area contributed by atoms with E-state index in [-0.39, 0.29) is 6.04 Å². The van der Waals surface area contributed by atoms with Crippen LogP contribution >= 0.6 is 15.9 Å². The number of nitrogens with one attached hydrogen (secondary N) is 1. The van der Waals surface area contributed by atoms with E-state index in [9.17, 15) is 0 Å². The Morgan fingerprint density at radius 1 is 1.40 bits per heavy atom. The van der Waals surface area contributed by atoms with Crippen molar-refractivity contribution < 1.29 is 8.83 Å². The van der Waals surface area contributed by atoms with E-state index in [1.807, 2.05) is 18.2 Å². The largest absolute Gasteiger partial charge is 0.472 e. The molecule has 3 nitrogen and oxygen atoms in total. The molecular weight excluding hydrogens is 258 g/mol. The Morgan fingerprint density at radius 3 is 2.80 bits per heavy atom. The second kappa shape index (κ2) is 4.68. The summed E-state index contributed by atoms with van der Waals surface area (Å²) in [6.45, 7) is 2.93. The predicted octanol–water partition coefficient (Wildman–Crippen LogP) is 3.33. The number of furan rings is 2. The normalized spacial score (nSPS) is 12.9. The molecule has 4 heteroatoms. The van der Waals surface area contributed by atoms with E-state index >= 15 is 0 Å². The van der Waals surface area contributed by atoms with Gasteiger partial charge >= 0.3 is 0 Å². The third kappa shape index (κ3) is 2.33. The Kier molecular flexibility index (Phi) is 3.28. The van der Waals surface area contributed by atoms with Crippen LogP contribution in [0.15, 0.2) is 44.2 Å². The average molecular weight is 270 g/mol. The van der Waals surface area contributed by atoms with Crippen molar-refractivity contribution in [2.24, 2.45) is 0 Å². The summed E-state index contributed by atoms with van der Waals surface area (Å²) in [6.07, 6.45) is 3.39. The summed E-state index contributed by atoms with van der Waals surface area (Å²) >= 11 is 3.30. The first-order valence-corrected chi connectivity index (χ1v) is 5.61. The molecule has 0 aliphatic rings. The molecule has 1 unspecified atom stereocenters. The van der Waals surface area contributed by atoms with Gasteiger partial charge in [0.15, 0.2) is 4.67 Å². The molecule has 1 atom stereocenters. The minimum absolute atomic E-state index is 0.0556. The molecule has 0 bridgehead atoms. The Morgan fingerprint density at radius 2 is 2.27 bits per heavy atom. The van der Waals surface area contributed by atoms with Crippen LogP contribution in [-0.2, 0) is 0 Å². The van der Waals surface area contributed by atoms with Gasteiger partial charge in [-0.05, 0) is 40.7 Å². The molecule has 2 aromatic heterocycles. The Labute approximate surface area is 96.6 Å². The molecule has 80 valence electrons. The molecule has 2 heterocycles. The van der Waals surface area contributed by atoms with Gasteiger partial charge in [0.2, 0.25) is 0 Å². The second-order valence-electron chi connectivity index (χ2n) is 3.19. The lowest BCUT2D eigenvalue weighted by atomic mass is 10.1. The fraction of sp³-hybridized carbons (Fsp3) is 0.273. The average Bonchev–Trinajstić information content (AvgIpc) is 2.85. The highest BCUT2D eigenvalue weighted by Crippen LogP contribution is 2.26. The second-order valence-corrected chi connectivity index (χ2v) is 3.97. The van der Waals surface area contributed by atoms with E-state index in [1.165, 1.54) is 0 Å². The first kappa shape index (κ1) is 10.5. The predicted molar refractivity (Wildman–Crippen MR) is 60.6 cm³/mol. The zero-order valence-electron chi connectivity index (χ0n) is 8.37. The summed E-state index contributed by atoms with van der Waals surface area (Å²) < 4.78 is 11.4. The van der Waals surface area contributed by atoms with Gasteiger partial charge in [-0.3, -0.25) is 0 Å². The van der Waals surface area contributed by atoms with E-state index in [4.69, 9.17) is 8.83 Å². The van der Waals surface area contributed by atoms with Crippen molar-refractivity contribution in [3.63, 3.8) is 0 Å². The van der Waals surface area contributed by atoms with Crippen LogP contribution in [0, 0.1) is 0 Å². The molecule has 0 fully saturated rings. The zero-order valence-corrected chi connectivity index (χ0v) is 9.95. The number of hydrogen-bond donors (Lipinski definition) is 1. The molecule has 1 N–H and O–H groups in total. The van der Waals surface area contributed by atoms with Crippen LogP contribution in [-0.4, -0.2) is 6.54 Å². The standard InChI is InChI=1S/C11H12BrNO2/c1-2-13-11(8-5-6-14-7-8)9-3-4-10(12)15-9/h3-7,11,13H,2H2,1H3. The van der Waals surface area contributed by atoms with Gasteiger partial charge < -0.3 is 14.2 Å². The molecule has 0 saturated heterocycles.